The van der Waals surface area contributed by atoms with Crippen molar-refractivity contribution in [2.24, 2.45) is 5.73 Å². The maximum atomic E-state index is 8.68. The van der Waals surface area contributed by atoms with Gasteiger partial charge in [-0.25, -0.2) is 4.98 Å². The topological polar surface area (TPSA) is 65.9 Å². The first-order valence-electron chi connectivity index (χ1n) is 4.48. The SMILES string of the molecule is CC(CN)N(C)c1ccnc(C#N)c1. The first kappa shape index (κ1) is 10.5. The lowest BCUT2D eigenvalue weighted by Gasteiger charge is -2.25. The maximum Gasteiger partial charge on any atom is 0.142 e. The Balaban J connectivity index is 2.91. The minimum absolute atomic E-state index is 0.254. The molecule has 4 nitrogen and oxygen atoms in total. The lowest BCUT2D eigenvalue weighted by molar-refractivity contribution is 0.695. The van der Waals surface area contributed by atoms with Crippen LogP contribution in [0.4, 0.5) is 5.69 Å². The third kappa shape index (κ3) is 2.21. The van der Waals surface area contributed by atoms with Crippen molar-refractivity contribution in [2.75, 3.05) is 18.5 Å². The molecule has 0 saturated carbocycles. The molecule has 0 radical (unpaired) electrons. The third-order valence-electron chi connectivity index (χ3n) is 2.27. The van der Waals surface area contributed by atoms with Crippen molar-refractivity contribution >= 4 is 5.69 Å². The summed E-state index contributed by atoms with van der Waals surface area (Å²) in [6.45, 7) is 2.62. The number of pyridine rings is 1. The molecule has 1 rings (SSSR count). The van der Waals surface area contributed by atoms with E-state index < -0.39 is 0 Å². The average Bonchev–Trinajstić information content (AvgIpc) is 2.27. The first-order chi connectivity index (χ1) is 6.69. The Labute approximate surface area is 84.0 Å². The van der Waals surface area contributed by atoms with Gasteiger partial charge in [0.05, 0.1) is 0 Å². The number of anilines is 1. The van der Waals surface area contributed by atoms with Crippen LogP contribution < -0.4 is 10.6 Å². The molecule has 1 heterocycles. The maximum absolute atomic E-state index is 8.68. The van der Waals surface area contributed by atoms with Gasteiger partial charge in [-0.05, 0) is 19.1 Å². The van der Waals surface area contributed by atoms with E-state index in [9.17, 15) is 0 Å². The normalized spacial score (nSPS) is 11.9. The fourth-order valence-corrected chi connectivity index (χ4v) is 1.11. The molecule has 1 aromatic heterocycles. The summed E-state index contributed by atoms with van der Waals surface area (Å²) in [5, 5.41) is 8.68. The summed E-state index contributed by atoms with van der Waals surface area (Å²) in [6.07, 6.45) is 1.63. The number of nitrogens with two attached hydrogens (primary N) is 1. The molecule has 0 spiro atoms. The lowest BCUT2D eigenvalue weighted by atomic mass is 10.2. The largest absolute Gasteiger partial charge is 0.370 e. The molecule has 0 fully saturated rings. The summed E-state index contributed by atoms with van der Waals surface area (Å²) in [4.78, 5) is 5.94. The molecule has 74 valence electrons. The van der Waals surface area contributed by atoms with Crippen LogP contribution in [-0.4, -0.2) is 24.6 Å². The summed E-state index contributed by atoms with van der Waals surface area (Å²) in [7, 11) is 1.95. The van der Waals surface area contributed by atoms with E-state index in [4.69, 9.17) is 11.0 Å². The Hall–Kier alpha value is -1.60. The van der Waals surface area contributed by atoms with E-state index in [0.29, 0.717) is 12.2 Å². The van der Waals surface area contributed by atoms with E-state index in [1.54, 1.807) is 12.3 Å². The third-order valence-corrected chi connectivity index (χ3v) is 2.27. The van der Waals surface area contributed by atoms with Crippen molar-refractivity contribution in [3.05, 3.63) is 24.0 Å². The van der Waals surface area contributed by atoms with E-state index in [2.05, 4.69) is 4.98 Å². The Kier molecular flexibility index (Phi) is 3.43. The van der Waals surface area contributed by atoms with Crippen LogP contribution in [0.15, 0.2) is 18.3 Å². The molecule has 0 aromatic carbocycles. The van der Waals surface area contributed by atoms with E-state index in [0.717, 1.165) is 5.69 Å². The van der Waals surface area contributed by atoms with Crippen LogP contribution in [0.25, 0.3) is 0 Å². The van der Waals surface area contributed by atoms with Crippen LogP contribution in [-0.2, 0) is 0 Å². The first-order valence-corrected chi connectivity index (χ1v) is 4.48. The van der Waals surface area contributed by atoms with Gasteiger partial charge in [0.1, 0.15) is 11.8 Å². The fraction of sp³-hybridized carbons (Fsp3) is 0.400. The van der Waals surface area contributed by atoms with Gasteiger partial charge in [0.25, 0.3) is 0 Å². The van der Waals surface area contributed by atoms with Crippen LogP contribution in [0.2, 0.25) is 0 Å². The van der Waals surface area contributed by atoms with Crippen molar-refractivity contribution in [3.8, 4) is 6.07 Å². The van der Waals surface area contributed by atoms with E-state index >= 15 is 0 Å². The van der Waals surface area contributed by atoms with E-state index in [1.165, 1.54) is 0 Å². The number of nitriles is 1. The molecule has 1 aromatic rings. The Bertz CT molecular complexity index is 342. The zero-order chi connectivity index (χ0) is 10.6. The minimum Gasteiger partial charge on any atom is -0.370 e. The molecule has 0 aliphatic carbocycles. The Morgan fingerprint density at radius 3 is 3.00 bits per heavy atom. The molecule has 1 atom stereocenters. The zero-order valence-corrected chi connectivity index (χ0v) is 8.44. The quantitative estimate of drug-likeness (QED) is 0.763. The molecule has 2 N–H and O–H groups in total. The number of nitrogens with zero attached hydrogens (tertiary/aromatic N) is 3. The van der Waals surface area contributed by atoms with Crippen LogP contribution in [0, 0.1) is 11.3 Å². The highest BCUT2D eigenvalue weighted by Gasteiger charge is 2.08. The van der Waals surface area contributed by atoms with Crippen LogP contribution in [0.3, 0.4) is 0 Å². The second-order valence-corrected chi connectivity index (χ2v) is 3.21. The Morgan fingerprint density at radius 2 is 2.43 bits per heavy atom. The predicted octanol–water partition coefficient (Wildman–Crippen LogP) is 0.737. The zero-order valence-electron chi connectivity index (χ0n) is 8.44. The predicted molar refractivity (Wildman–Crippen MR) is 55.9 cm³/mol. The lowest BCUT2D eigenvalue weighted by Crippen LogP contribution is -2.35. The van der Waals surface area contributed by atoms with Gasteiger partial charge in [-0.2, -0.15) is 5.26 Å². The number of likely N-dealkylation sites (N-methyl/N-ethyl adjacent to an activating group) is 1. The van der Waals surface area contributed by atoms with Crippen LogP contribution in [0.5, 0.6) is 0 Å². The number of aromatic nitrogens is 1. The molecular weight excluding hydrogens is 176 g/mol. The summed E-state index contributed by atoms with van der Waals surface area (Å²) in [5.41, 5.74) is 6.95. The molecule has 0 aliphatic heterocycles. The molecule has 0 bridgehead atoms. The molecule has 4 heteroatoms. The van der Waals surface area contributed by atoms with Gasteiger partial charge in [0.2, 0.25) is 0 Å². The fourth-order valence-electron chi connectivity index (χ4n) is 1.11. The molecule has 0 aliphatic rings. The Morgan fingerprint density at radius 1 is 1.71 bits per heavy atom. The minimum atomic E-state index is 0.254. The molecular formula is C10H14N4. The van der Waals surface area contributed by atoms with E-state index in [-0.39, 0.29) is 6.04 Å². The second kappa shape index (κ2) is 4.58. The smallest absolute Gasteiger partial charge is 0.142 e. The van der Waals surface area contributed by atoms with Gasteiger partial charge in [-0.1, -0.05) is 0 Å². The van der Waals surface area contributed by atoms with Crippen molar-refractivity contribution in [3.63, 3.8) is 0 Å². The highest BCUT2D eigenvalue weighted by atomic mass is 15.1. The van der Waals surface area contributed by atoms with Gasteiger partial charge in [0.15, 0.2) is 0 Å². The molecule has 14 heavy (non-hydrogen) atoms. The standard InChI is InChI=1S/C10H14N4/c1-8(6-11)14(2)10-3-4-13-9(5-10)7-12/h3-5,8H,6,11H2,1-2H3. The second-order valence-electron chi connectivity index (χ2n) is 3.21. The van der Waals surface area contributed by atoms with Crippen LogP contribution >= 0.6 is 0 Å². The van der Waals surface area contributed by atoms with Gasteiger partial charge in [-0.15, -0.1) is 0 Å². The summed E-state index contributed by atoms with van der Waals surface area (Å²) in [5.74, 6) is 0. The number of hydrogen-bond acceptors (Lipinski definition) is 4. The molecule has 0 saturated heterocycles. The van der Waals surface area contributed by atoms with Gasteiger partial charge < -0.3 is 10.6 Å². The monoisotopic (exact) mass is 190 g/mol. The van der Waals surface area contributed by atoms with Gasteiger partial charge in [-0.3, -0.25) is 0 Å². The van der Waals surface area contributed by atoms with Gasteiger partial charge >= 0.3 is 0 Å². The summed E-state index contributed by atoms with van der Waals surface area (Å²) >= 11 is 0. The molecule has 1 unspecified atom stereocenters. The van der Waals surface area contributed by atoms with Crippen molar-refractivity contribution in [1.29, 1.82) is 5.26 Å². The summed E-state index contributed by atoms with van der Waals surface area (Å²) in [6, 6.07) is 5.89. The van der Waals surface area contributed by atoms with Crippen molar-refractivity contribution < 1.29 is 0 Å². The number of rotatable bonds is 3. The highest BCUT2D eigenvalue weighted by Crippen LogP contribution is 2.14. The van der Waals surface area contributed by atoms with Gasteiger partial charge in [0, 0.05) is 31.5 Å². The highest BCUT2D eigenvalue weighted by molar-refractivity contribution is 5.48. The van der Waals surface area contributed by atoms with Crippen molar-refractivity contribution in [2.45, 2.75) is 13.0 Å². The number of hydrogen-bond donors (Lipinski definition) is 1. The summed E-state index contributed by atoms with van der Waals surface area (Å²) < 4.78 is 0. The van der Waals surface area contributed by atoms with Crippen molar-refractivity contribution in [1.82, 2.24) is 4.98 Å². The van der Waals surface area contributed by atoms with Crippen LogP contribution in [0.1, 0.15) is 12.6 Å². The molecule has 0 amide bonds. The van der Waals surface area contributed by atoms with E-state index in [1.807, 2.05) is 31.0 Å². The average molecular weight is 190 g/mol.